The first kappa shape index (κ1) is 43.2. The van der Waals surface area contributed by atoms with E-state index in [1.165, 1.54) is 0 Å². The van der Waals surface area contributed by atoms with Crippen molar-refractivity contribution in [2.75, 3.05) is 59.6 Å². The van der Waals surface area contributed by atoms with Gasteiger partial charge in [0.1, 0.15) is 20.5 Å². The van der Waals surface area contributed by atoms with Crippen LogP contribution in [0.25, 0.3) is 20.7 Å². The molecular weight excluding hydrogens is 839 g/mol. The number of methoxy groups -OCH3 is 2. The molecule has 3 aromatic carbocycles. The minimum Gasteiger partial charge on any atom is -0.495 e. The fourth-order valence-electron chi connectivity index (χ4n) is 7.69. The molecule has 60 heavy (non-hydrogen) atoms. The molecule has 8 rings (SSSR count). The molecule has 4 N–H and O–H groups in total. The maximum Gasteiger partial charge on any atom is 0.271 e. The summed E-state index contributed by atoms with van der Waals surface area (Å²) >= 11 is 2.78. The van der Waals surface area contributed by atoms with E-state index in [4.69, 9.17) is 9.47 Å². The first-order chi connectivity index (χ1) is 28.7. The summed E-state index contributed by atoms with van der Waals surface area (Å²) in [6.45, 7) is 11.8. The summed E-state index contributed by atoms with van der Waals surface area (Å²) in [4.78, 5) is 10.7. The van der Waals surface area contributed by atoms with Gasteiger partial charge < -0.3 is 29.9 Å². The van der Waals surface area contributed by atoms with Crippen molar-refractivity contribution in [1.29, 1.82) is 0 Å². The molecule has 5 heterocycles. The van der Waals surface area contributed by atoms with Gasteiger partial charge >= 0.3 is 0 Å². The molecule has 0 radical (unpaired) electrons. The van der Waals surface area contributed by atoms with Gasteiger partial charge in [0.05, 0.1) is 41.9 Å². The Labute approximate surface area is 360 Å². The molecular formula is C43H51N7O6S4. The van der Waals surface area contributed by atoms with E-state index in [2.05, 4.69) is 62.6 Å². The fraction of sp³-hybridized carbons (Fsp3) is 0.326. The zero-order valence-corrected chi connectivity index (χ0v) is 37.6. The number of hydrogen-bond donors (Lipinski definition) is 4. The largest absolute Gasteiger partial charge is 0.495 e. The topological polar surface area (TPSA) is 154 Å². The molecule has 0 unspecified atom stereocenters. The van der Waals surface area contributed by atoms with Gasteiger partial charge in [-0.3, -0.25) is 9.44 Å². The van der Waals surface area contributed by atoms with E-state index in [0.29, 0.717) is 40.4 Å². The number of thiophene rings is 2. The summed E-state index contributed by atoms with van der Waals surface area (Å²) in [6.07, 6.45) is 1.66. The Bertz CT molecular complexity index is 2570. The lowest BCUT2D eigenvalue weighted by Gasteiger charge is -2.38. The lowest BCUT2D eigenvalue weighted by molar-refractivity contribution is 0.391. The smallest absolute Gasteiger partial charge is 0.271 e. The van der Waals surface area contributed by atoms with Crippen LogP contribution in [0.3, 0.4) is 0 Å². The third kappa shape index (κ3) is 10.2. The Morgan fingerprint density at radius 1 is 0.667 bits per heavy atom. The molecule has 0 spiro atoms. The maximum absolute atomic E-state index is 13.0. The van der Waals surface area contributed by atoms with Crippen LogP contribution >= 0.6 is 22.7 Å². The molecule has 2 saturated heterocycles. The van der Waals surface area contributed by atoms with Crippen molar-refractivity contribution in [3.63, 3.8) is 0 Å². The number of hydrogen-bond acceptors (Lipinski definition) is 13. The van der Waals surface area contributed by atoms with Gasteiger partial charge in [-0.15, -0.1) is 22.7 Å². The zero-order chi connectivity index (χ0) is 42.6. The van der Waals surface area contributed by atoms with Crippen LogP contribution in [0.5, 0.6) is 11.5 Å². The van der Waals surface area contributed by atoms with Gasteiger partial charge in [0.15, 0.2) is 0 Å². The van der Waals surface area contributed by atoms with E-state index in [1.807, 2.05) is 53.9 Å². The highest BCUT2D eigenvalue weighted by atomic mass is 32.2. The number of pyridine rings is 1. The van der Waals surface area contributed by atoms with E-state index < -0.39 is 20.0 Å². The van der Waals surface area contributed by atoms with Gasteiger partial charge in [0.2, 0.25) is 0 Å². The minimum absolute atomic E-state index is 0.231. The van der Waals surface area contributed by atoms with Crippen molar-refractivity contribution in [3.05, 3.63) is 103 Å². The summed E-state index contributed by atoms with van der Waals surface area (Å²) in [7, 11) is -4.15. The van der Waals surface area contributed by atoms with Crippen molar-refractivity contribution >= 4 is 75.7 Å². The molecule has 0 amide bonds. The highest BCUT2D eigenvalue weighted by Gasteiger charge is 2.26. The number of fused-ring (bicyclic) bond motifs is 1. The Kier molecular flexibility index (Phi) is 13.2. The maximum atomic E-state index is 13.0. The van der Waals surface area contributed by atoms with E-state index in [1.54, 1.807) is 74.2 Å². The lowest BCUT2D eigenvalue weighted by atomic mass is 10.1. The number of rotatable bonds is 11. The van der Waals surface area contributed by atoms with Crippen molar-refractivity contribution in [2.45, 2.75) is 61.0 Å². The molecule has 2 aliphatic heterocycles. The van der Waals surface area contributed by atoms with Gasteiger partial charge in [-0.1, -0.05) is 24.3 Å². The summed E-state index contributed by atoms with van der Waals surface area (Å²) in [5.41, 5.74) is 3.78. The van der Waals surface area contributed by atoms with Crippen LogP contribution in [0, 0.1) is 0 Å². The number of ether oxygens (including phenoxy) is 2. The second-order valence-corrected chi connectivity index (χ2v) is 20.8. The molecule has 6 aromatic rings. The van der Waals surface area contributed by atoms with Crippen LogP contribution in [0.1, 0.15) is 27.7 Å². The van der Waals surface area contributed by atoms with Crippen LogP contribution in [0.15, 0.2) is 112 Å². The van der Waals surface area contributed by atoms with Gasteiger partial charge in [0, 0.05) is 66.8 Å². The predicted molar refractivity (Wildman–Crippen MR) is 246 cm³/mol. The number of anilines is 4. The summed E-state index contributed by atoms with van der Waals surface area (Å²) in [5.74, 6) is 1.45. The van der Waals surface area contributed by atoms with Crippen LogP contribution < -0.4 is 39.4 Å². The highest BCUT2D eigenvalue weighted by molar-refractivity contribution is 7.94. The van der Waals surface area contributed by atoms with Crippen molar-refractivity contribution in [2.24, 2.45) is 0 Å². The average Bonchev–Trinajstić information content (AvgIpc) is 3.92. The number of nitrogens with one attached hydrogen (secondary N) is 4. The summed E-state index contributed by atoms with van der Waals surface area (Å²) in [6, 6.07) is 28.3. The monoisotopic (exact) mass is 889 g/mol. The summed E-state index contributed by atoms with van der Waals surface area (Å²) in [5, 5.41) is 9.84. The number of benzene rings is 3. The molecule has 0 bridgehead atoms. The summed E-state index contributed by atoms with van der Waals surface area (Å²) < 4.78 is 68.6. The van der Waals surface area contributed by atoms with E-state index in [9.17, 15) is 16.8 Å². The molecule has 17 heteroatoms. The molecule has 0 saturated carbocycles. The van der Waals surface area contributed by atoms with Crippen molar-refractivity contribution < 1.29 is 26.3 Å². The minimum atomic E-state index is -3.71. The van der Waals surface area contributed by atoms with Crippen LogP contribution in [0.4, 0.5) is 22.7 Å². The lowest BCUT2D eigenvalue weighted by Crippen LogP contribution is -2.54. The molecule has 2 fully saturated rings. The molecule has 13 nitrogen and oxygen atoms in total. The molecule has 4 atom stereocenters. The Balaban J connectivity index is 0.000000182. The van der Waals surface area contributed by atoms with E-state index in [-0.39, 0.29) is 9.10 Å². The number of aromatic nitrogens is 1. The second kappa shape index (κ2) is 18.4. The normalized spacial score (nSPS) is 19.6. The zero-order valence-electron chi connectivity index (χ0n) is 34.4. The van der Waals surface area contributed by atoms with E-state index >= 15 is 0 Å². The predicted octanol–water partition coefficient (Wildman–Crippen LogP) is 7.70. The third-order valence-electron chi connectivity index (χ3n) is 10.2. The van der Waals surface area contributed by atoms with Crippen LogP contribution in [0.2, 0.25) is 0 Å². The first-order valence-corrected chi connectivity index (χ1v) is 24.3. The SMILES string of the molecule is COc1ccc(NS(=O)(=O)c2cc3cccnc3s2)cc1N1C[C@@H](C)N[C@@H](C)C1.COc1ccc(NS(=O)(=O)c2ccc(-c3cccs3)cc2)cc1N1C[C@@H](C)N[C@@H](C)C1. The Morgan fingerprint density at radius 2 is 1.20 bits per heavy atom. The number of piperazine rings is 2. The second-order valence-electron chi connectivity index (χ2n) is 15.2. The van der Waals surface area contributed by atoms with Gasteiger partial charge in [-0.2, -0.15) is 0 Å². The molecule has 3 aromatic heterocycles. The molecule has 0 aliphatic carbocycles. The standard InChI is InChI=1S/C23H27N3O3S2.C20H24N4O3S2/c1-16-14-26(15-17(2)24-16)21-13-19(8-11-22(21)29-3)25-31(27,28)20-9-6-18(7-10-20)23-5-4-12-30-23;1-13-11-24(12-14(2)22-13)17-10-16(6-7-18(17)27-3)23-29(25,26)19-9-15-5-4-8-21-20(15)28-19/h4-13,16-17,24-25H,14-15H2,1-3H3;4-10,13-14,22-23H,11-12H2,1-3H3/t16-,17+;13-,14+. The average molecular weight is 890 g/mol. The van der Waals surface area contributed by atoms with E-state index in [0.717, 1.165) is 76.2 Å². The number of sulfonamides is 2. The molecule has 318 valence electrons. The van der Waals surface area contributed by atoms with Gasteiger partial charge in [0.25, 0.3) is 20.0 Å². The van der Waals surface area contributed by atoms with Crippen molar-refractivity contribution in [3.8, 4) is 21.9 Å². The Hall–Kier alpha value is -4.91. The Morgan fingerprint density at radius 3 is 1.68 bits per heavy atom. The third-order valence-corrected chi connectivity index (χ3v) is 15.4. The van der Waals surface area contributed by atoms with Gasteiger partial charge in [-0.05, 0) is 105 Å². The number of nitrogens with zero attached hydrogens (tertiary/aromatic N) is 3. The highest BCUT2D eigenvalue weighted by Crippen LogP contribution is 2.36. The van der Waals surface area contributed by atoms with Crippen LogP contribution in [-0.2, 0) is 20.0 Å². The first-order valence-electron chi connectivity index (χ1n) is 19.6. The van der Waals surface area contributed by atoms with Gasteiger partial charge in [-0.25, -0.2) is 21.8 Å². The van der Waals surface area contributed by atoms with Crippen LogP contribution in [-0.4, -0.2) is 86.4 Å². The molecule has 2 aliphatic rings. The quantitative estimate of drug-likeness (QED) is 0.101. The fourth-order valence-corrected chi connectivity index (χ4v) is 11.8. The van der Waals surface area contributed by atoms with Crippen molar-refractivity contribution in [1.82, 2.24) is 15.6 Å².